The molecular formula is C8H7F2N3O3S. The van der Waals surface area contributed by atoms with Crippen molar-refractivity contribution in [3.63, 3.8) is 0 Å². The van der Waals surface area contributed by atoms with Gasteiger partial charge in [-0.2, -0.15) is 5.26 Å². The van der Waals surface area contributed by atoms with Gasteiger partial charge in [-0.25, -0.2) is 27.3 Å². The molecule has 0 atom stereocenters. The van der Waals surface area contributed by atoms with Crippen LogP contribution in [0.4, 0.5) is 8.78 Å². The van der Waals surface area contributed by atoms with Gasteiger partial charge >= 0.3 is 0 Å². The van der Waals surface area contributed by atoms with Crippen LogP contribution in [0.3, 0.4) is 0 Å². The number of ether oxygens (including phenoxy) is 1. The molecule has 1 aromatic heterocycles. The predicted octanol–water partition coefficient (Wildman–Crippen LogP) is 0.547. The number of nitrogens with two attached hydrogens (primary N) is 1. The molecular weight excluding hydrogens is 256 g/mol. The standard InChI is InChI=1S/C8H7F2N3O3S/c1-16-6-2-5(17(12,14)15)7(8(9)10)4(3-11)13-6/h2,8H,1H3,(H2,12,14,15). The molecule has 0 spiro atoms. The van der Waals surface area contributed by atoms with Gasteiger partial charge in [-0.1, -0.05) is 0 Å². The molecule has 0 aliphatic rings. The van der Waals surface area contributed by atoms with Gasteiger partial charge < -0.3 is 4.74 Å². The van der Waals surface area contributed by atoms with Crippen molar-refractivity contribution in [2.24, 2.45) is 5.14 Å². The summed E-state index contributed by atoms with van der Waals surface area (Å²) in [6, 6.07) is 2.12. The van der Waals surface area contributed by atoms with Crippen molar-refractivity contribution in [2.45, 2.75) is 11.3 Å². The number of nitrogens with zero attached hydrogens (tertiary/aromatic N) is 2. The van der Waals surface area contributed by atoms with Crippen molar-refractivity contribution in [3.05, 3.63) is 17.3 Å². The summed E-state index contributed by atoms with van der Waals surface area (Å²) in [6.45, 7) is 0. The van der Waals surface area contributed by atoms with E-state index in [0.29, 0.717) is 0 Å². The van der Waals surface area contributed by atoms with Crippen molar-refractivity contribution in [3.8, 4) is 11.9 Å². The van der Waals surface area contributed by atoms with Crippen LogP contribution in [0, 0.1) is 11.3 Å². The largest absolute Gasteiger partial charge is 0.481 e. The molecule has 0 radical (unpaired) electrons. The van der Waals surface area contributed by atoms with E-state index >= 15 is 0 Å². The molecule has 2 N–H and O–H groups in total. The van der Waals surface area contributed by atoms with E-state index < -0.39 is 32.6 Å². The van der Waals surface area contributed by atoms with Crippen LogP contribution in [-0.2, 0) is 10.0 Å². The molecule has 0 unspecified atom stereocenters. The number of halogens is 2. The third-order valence-electron chi connectivity index (χ3n) is 1.84. The summed E-state index contributed by atoms with van der Waals surface area (Å²) in [6.07, 6.45) is -3.18. The van der Waals surface area contributed by atoms with Crippen molar-refractivity contribution < 1.29 is 21.9 Å². The Hall–Kier alpha value is -1.79. The minimum absolute atomic E-state index is 0.282. The number of rotatable bonds is 3. The van der Waals surface area contributed by atoms with Crippen molar-refractivity contribution in [1.82, 2.24) is 4.98 Å². The molecule has 0 saturated heterocycles. The van der Waals surface area contributed by atoms with E-state index in [9.17, 15) is 17.2 Å². The Labute approximate surface area is 95.7 Å². The fraction of sp³-hybridized carbons (Fsp3) is 0.250. The normalized spacial score (nSPS) is 11.3. The monoisotopic (exact) mass is 263 g/mol. The second kappa shape index (κ2) is 4.60. The molecule has 1 heterocycles. The van der Waals surface area contributed by atoms with Gasteiger partial charge in [0.05, 0.1) is 17.6 Å². The minimum atomic E-state index is -4.39. The summed E-state index contributed by atoms with van der Waals surface area (Å²) >= 11 is 0. The molecule has 0 aromatic carbocycles. The molecule has 0 amide bonds. The van der Waals surface area contributed by atoms with Gasteiger partial charge in [0.1, 0.15) is 6.07 Å². The second-order valence-corrected chi connectivity index (χ2v) is 4.41. The van der Waals surface area contributed by atoms with Crippen molar-refractivity contribution in [1.29, 1.82) is 5.26 Å². The third-order valence-corrected chi connectivity index (χ3v) is 2.79. The Morgan fingerprint density at radius 2 is 2.18 bits per heavy atom. The number of aromatic nitrogens is 1. The lowest BCUT2D eigenvalue weighted by Gasteiger charge is -2.09. The maximum absolute atomic E-state index is 12.7. The first-order valence-corrected chi connectivity index (χ1v) is 5.66. The predicted molar refractivity (Wildman–Crippen MR) is 51.8 cm³/mol. The zero-order chi connectivity index (χ0) is 13.2. The minimum Gasteiger partial charge on any atom is -0.481 e. The van der Waals surface area contributed by atoms with Crippen LogP contribution in [0.15, 0.2) is 11.0 Å². The van der Waals surface area contributed by atoms with Gasteiger partial charge in [-0.3, -0.25) is 0 Å². The highest BCUT2D eigenvalue weighted by Crippen LogP contribution is 2.30. The van der Waals surface area contributed by atoms with E-state index in [4.69, 9.17) is 10.4 Å². The first kappa shape index (κ1) is 13.3. The number of hydrogen-bond acceptors (Lipinski definition) is 5. The van der Waals surface area contributed by atoms with E-state index in [0.717, 1.165) is 13.2 Å². The number of alkyl halides is 2. The average molecular weight is 263 g/mol. The zero-order valence-corrected chi connectivity index (χ0v) is 9.33. The number of methoxy groups -OCH3 is 1. The van der Waals surface area contributed by atoms with Crippen LogP contribution in [-0.4, -0.2) is 20.5 Å². The van der Waals surface area contributed by atoms with E-state index in [-0.39, 0.29) is 5.88 Å². The average Bonchev–Trinajstić information content (AvgIpc) is 2.25. The quantitative estimate of drug-likeness (QED) is 0.856. The Balaban J connectivity index is 3.72. The van der Waals surface area contributed by atoms with Crippen LogP contribution in [0.2, 0.25) is 0 Å². The molecule has 0 fully saturated rings. The van der Waals surface area contributed by atoms with E-state index in [1.165, 1.54) is 6.07 Å². The molecule has 6 nitrogen and oxygen atoms in total. The van der Waals surface area contributed by atoms with Gasteiger partial charge in [0.15, 0.2) is 5.69 Å². The lowest BCUT2D eigenvalue weighted by Crippen LogP contribution is -2.16. The molecule has 1 aromatic rings. The molecule has 1 rings (SSSR count). The molecule has 17 heavy (non-hydrogen) atoms. The highest BCUT2D eigenvalue weighted by Gasteiger charge is 2.26. The number of nitriles is 1. The lowest BCUT2D eigenvalue weighted by atomic mass is 10.2. The first-order chi connectivity index (χ1) is 7.81. The van der Waals surface area contributed by atoms with Crippen LogP contribution in [0.1, 0.15) is 17.7 Å². The summed E-state index contributed by atoms with van der Waals surface area (Å²) in [7, 11) is -3.24. The molecule has 9 heteroatoms. The SMILES string of the molecule is COc1cc(S(N)(=O)=O)c(C(F)F)c(C#N)n1. The highest BCUT2D eigenvalue weighted by molar-refractivity contribution is 7.89. The van der Waals surface area contributed by atoms with Crippen LogP contribution >= 0.6 is 0 Å². The number of primary sulfonamides is 1. The Morgan fingerprint density at radius 3 is 2.53 bits per heavy atom. The summed E-state index contributed by atoms with van der Waals surface area (Å²) in [5.41, 5.74) is -1.75. The maximum Gasteiger partial charge on any atom is 0.267 e. The second-order valence-electron chi connectivity index (χ2n) is 2.88. The lowest BCUT2D eigenvalue weighted by molar-refractivity contribution is 0.146. The molecule has 0 aliphatic heterocycles. The van der Waals surface area contributed by atoms with Gasteiger partial charge in [-0.05, 0) is 0 Å². The topological polar surface area (TPSA) is 106 Å². The fourth-order valence-electron chi connectivity index (χ4n) is 1.15. The van der Waals surface area contributed by atoms with Gasteiger partial charge in [0.2, 0.25) is 15.9 Å². The van der Waals surface area contributed by atoms with E-state index in [1.54, 1.807) is 0 Å². The zero-order valence-electron chi connectivity index (χ0n) is 8.52. The van der Waals surface area contributed by atoms with Crippen LogP contribution in [0.25, 0.3) is 0 Å². The van der Waals surface area contributed by atoms with E-state index in [2.05, 4.69) is 9.72 Å². The molecule has 0 aliphatic carbocycles. The number of pyridine rings is 1. The van der Waals surface area contributed by atoms with Gasteiger partial charge in [0.25, 0.3) is 6.43 Å². The Kier molecular flexibility index (Phi) is 3.59. The van der Waals surface area contributed by atoms with Crippen molar-refractivity contribution >= 4 is 10.0 Å². The summed E-state index contributed by atoms with van der Waals surface area (Å²) in [5, 5.41) is 13.4. The molecule has 0 saturated carbocycles. The van der Waals surface area contributed by atoms with Gasteiger partial charge in [0, 0.05) is 6.07 Å². The highest BCUT2D eigenvalue weighted by atomic mass is 32.2. The maximum atomic E-state index is 12.7. The Bertz CT molecular complexity index is 580. The fourth-order valence-corrected chi connectivity index (χ4v) is 1.90. The molecule has 92 valence electrons. The summed E-state index contributed by atoms with van der Waals surface area (Å²) in [5.74, 6) is -0.282. The Morgan fingerprint density at radius 1 is 1.59 bits per heavy atom. The summed E-state index contributed by atoms with van der Waals surface area (Å²) in [4.78, 5) is 2.56. The number of sulfonamides is 1. The van der Waals surface area contributed by atoms with Crippen molar-refractivity contribution in [2.75, 3.05) is 7.11 Å². The smallest absolute Gasteiger partial charge is 0.267 e. The van der Waals surface area contributed by atoms with Crippen LogP contribution in [0.5, 0.6) is 5.88 Å². The van der Waals surface area contributed by atoms with Gasteiger partial charge in [-0.15, -0.1) is 0 Å². The summed E-state index contributed by atoms with van der Waals surface area (Å²) < 4.78 is 52.3. The number of hydrogen-bond donors (Lipinski definition) is 1. The van der Waals surface area contributed by atoms with Crippen LogP contribution < -0.4 is 9.88 Å². The molecule has 0 bridgehead atoms. The third kappa shape index (κ3) is 2.66. The first-order valence-electron chi connectivity index (χ1n) is 4.11. The van der Waals surface area contributed by atoms with E-state index in [1.807, 2.05) is 0 Å².